The lowest BCUT2D eigenvalue weighted by atomic mass is 10.3. The predicted octanol–water partition coefficient (Wildman–Crippen LogP) is 1.33. The zero-order valence-corrected chi connectivity index (χ0v) is 12.5. The molecule has 9 nitrogen and oxygen atoms in total. The Bertz CT molecular complexity index is 892. The van der Waals surface area contributed by atoms with Crippen LogP contribution in [0.25, 0.3) is 5.65 Å². The van der Waals surface area contributed by atoms with Gasteiger partial charge >= 0.3 is 0 Å². The number of nitro benzene ring substituents is 1. The fraction of sp³-hybridized carbons (Fsp3) is 0.133. The summed E-state index contributed by atoms with van der Waals surface area (Å²) in [6.07, 6.45) is 1.80. The van der Waals surface area contributed by atoms with E-state index in [0.29, 0.717) is 11.5 Å². The smallest absolute Gasteiger partial charge is 0.273 e. The molecule has 0 spiro atoms. The molecule has 24 heavy (non-hydrogen) atoms. The lowest BCUT2D eigenvalue weighted by Crippen LogP contribution is -2.29. The number of nitrogens with zero attached hydrogens (tertiary/aromatic N) is 4. The van der Waals surface area contributed by atoms with Crippen molar-refractivity contribution >= 4 is 17.2 Å². The summed E-state index contributed by atoms with van der Waals surface area (Å²) in [5.41, 5.74) is 0.595. The number of pyridine rings is 1. The molecule has 0 aliphatic carbocycles. The molecule has 9 heteroatoms. The maximum Gasteiger partial charge on any atom is 0.273 e. The molecule has 122 valence electrons. The first-order valence-corrected chi connectivity index (χ1v) is 7.06. The molecule has 1 amide bonds. The van der Waals surface area contributed by atoms with E-state index in [0.717, 1.165) is 0 Å². The normalized spacial score (nSPS) is 10.5. The second-order valence-corrected chi connectivity index (χ2v) is 4.86. The maximum atomic E-state index is 11.8. The number of ether oxygens (including phenoxy) is 1. The standard InChI is InChI=1S/C15H13N5O4/c21-15(10-24-12-5-3-4-11(8-12)20(22)23)16-9-14-18-17-13-6-1-2-7-19(13)14/h1-8H,9-10H2,(H,16,21). The van der Waals surface area contributed by atoms with E-state index in [9.17, 15) is 14.9 Å². The van der Waals surface area contributed by atoms with Crippen LogP contribution < -0.4 is 10.1 Å². The summed E-state index contributed by atoms with van der Waals surface area (Å²) in [6, 6.07) is 11.2. The number of carbonyl (C=O) groups is 1. The van der Waals surface area contributed by atoms with E-state index >= 15 is 0 Å². The minimum absolute atomic E-state index is 0.0946. The number of non-ortho nitro benzene ring substituents is 1. The van der Waals surface area contributed by atoms with Gasteiger partial charge in [0.15, 0.2) is 18.1 Å². The van der Waals surface area contributed by atoms with Crippen molar-refractivity contribution in [2.24, 2.45) is 0 Å². The van der Waals surface area contributed by atoms with Crippen LogP contribution in [0.3, 0.4) is 0 Å². The second-order valence-electron chi connectivity index (χ2n) is 4.86. The summed E-state index contributed by atoms with van der Waals surface area (Å²) in [5.74, 6) is 0.482. The average molecular weight is 327 g/mol. The van der Waals surface area contributed by atoms with Crippen molar-refractivity contribution in [2.45, 2.75) is 6.54 Å². The highest BCUT2D eigenvalue weighted by molar-refractivity contribution is 5.77. The average Bonchev–Trinajstić information content (AvgIpc) is 3.01. The monoisotopic (exact) mass is 327 g/mol. The van der Waals surface area contributed by atoms with Crippen LogP contribution in [-0.2, 0) is 11.3 Å². The summed E-state index contributed by atoms with van der Waals surface area (Å²) >= 11 is 0. The van der Waals surface area contributed by atoms with Crippen LogP contribution in [0.2, 0.25) is 0 Å². The van der Waals surface area contributed by atoms with Gasteiger partial charge in [0.2, 0.25) is 0 Å². The van der Waals surface area contributed by atoms with Crippen molar-refractivity contribution in [3.63, 3.8) is 0 Å². The number of carbonyl (C=O) groups excluding carboxylic acids is 1. The largest absolute Gasteiger partial charge is 0.484 e. The summed E-state index contributed by atoms with van der Waals surface area (Å²) in [7, 11) is 0. The van der Waals surface area contributed by atoms with Gasteiger partial charge in [0.1, 0.15) is 5.75 Å². The fourth-order valence-corrected chi connectivity index (χ4v) is 2.08. The van der Waals surface area contributed by atoms with Gasteiger partial charge in [-0.3, -0.25) is 19.3 Å². The third-order valence-corrected chi connectivity index (χ3v) is 3.23. The van der Waals surface area contributed by atoms with Gasteiger partial charge in [-0.1, -0.05) is 12.1 Å². The number of fused-ring (bicyclic) bond motifs is 1. The number of amides is 1. The molecule has 2 heterocycles. The molecule has 2 aromatic heterocycles. The number of nitro groups is 1. The van der Waals surface area contributed by atoms with E-state index in [4.69, 9.17) is 4.74 Å². The van der Waals surface area contributed by atoms with Crippen LogP contribution in [0, 0.1) is 10.1 Å². The molecule has 0 saturated heterocycles. The Morgan fingerprint density at radius 1 is 1.25 bits per heavy atom. The Hall–Kier alpha value is -3.49. The number of aromatic nitrogens is 3. The van der Waals surface area contributed by atoms with E-state index in [1.165, 1.54) is 18.2 Å². The highest BCUT2D eigenvalue weighted by atomic mass is 16.6. The second kappa shape index (κ2) is 6.73. The topological polar surface area (TPSA) is 112 Å². The third-order valence-electron chi connectivity index (χ3n) is 3.23. The van der Waals surface area contributed by atoms with E-state index < -0.39 is 4.92 Å². The molecule has 1 N–H and O–H groups in total. The Balaban J connectivity index is 1.54. The van der Waals surface area contributed by atoms with Gasteiger partial charge in [-0.25, -0.2) is 0 Å². The van der Waals surface area contributed by atoms with Crippen LogP contribution in [-0.4, -0.2) is 32.0 Å². The number of hydrogen-bond acceptors (Lipinski definition) is 6. The van der Waals surface area contributed by atoms with E-state index in [2.05, 4.69) is 15.5 Å². The quantitative estimate of drug-likeness (QED) is 0.540. The van der Waals surface area contributed by atoms with Gasteiger partial charge in [0, 0.05) is 12.3 Å². The zero-order valence-electron chi connectivity index (χ0n) is 12.5. The molecule has 0 saturated carbocycles. The number of hydrogen-bond donors (Lipinski definition) is 1. The molecular weight excluding hydrogens is 314 g/mol. The van der Waals surface area contributed by atoms with Crippen molar-refractivity contribution < 1.29 is 14.5 Å². The van der Waals surface area contributed by atoms with Crippen molar-refractivity contribution in [3.05, 3.63) is 64.6 Å². The molecule has 1 aromatic carbocycles. The highest BCUT2D eigenvalue weighted by Crippen LogP contribution is 2.18. The summed E-state index contributed by atoms with van der Waals surface area (Å²) < 4.78 is 7.02. The van der Waals surface area contributed by atoms with Crippen LogP contribution in [0.1, 0.15) is 5.82 Å². The zero-order chi connectivity index (χ0) is 16.9. The highest BCUT2D eigenvalue weighted by Gasteiger charge is 2.10. The first kappa shape index (κ1) is 15.4. The summed E-state index contributed by atoms with van der Waals surface area (Å²) in [4.78, 5) is 22.0. The first-order chi connectivity index (χ1) is 11.6. The molecule has 0 aliphatic rings. The fourth-order valence-electron chi connectivity index (χ4n) is 2.08. The Kier molecular flexibility index (Phi) is 4.32. The Labute approximate surface area is 136 Å². The molecule has 0 atom stereocenters. The number of benzene rings is 1. The predicted molar refractivity (Wildman–Crippen MR) is 83.4 cm³/mol. The molecule has 0 aliphatic heterocycles. The van der Waals surface area contributed by atoms with Gasteiger partial charge in [0.05, 0.1) is 17.5 Å². The maximum absolute atomic E-state index is 11.8. The molecule has 0 bridgehead atoms. The SMILES string of the molecule is O=C(COc1cccc([N+](=O)[O-])c1)NCc1nnc2ccccn12. The van der Waals surface area contributed by atoms with Crippen LogP contribution in [0.4, 0.5) is 5.69 Å². The van der Waals surface area contributed by atoms with Crippen LogP contribution >= 0.6 is 0 Å². The number of rotatable bonds is 6. The van der Waals surface area contributed by atoms with E-state index in [-0.39, 0.29) is 30.5 Å². The van der Waals surface area contributed by atoms with Crippen molar-refractivity contribution in [1.82, 2.24) is 19.9 Å². The number of nitrogens with one attached hydrogen (secondary N) is 1. The molecule has 3 rings (SSSR count). The summed E-state index contributed by atoms with van der Waals surface area (Å²) in [6.45, 7) is -0.0553. The van der Waals surface area contributed by atoms with Gasteiger partial charge in [-0.05, 0) is 18.2 Å². The molecular formula is C15H13N5O4. The Morgan fingerprint density at radius 2 is 2.12 bits per heavy atom. The lowest BCUT2D eigenvalue weighted by Gasteiger charge is -2.06. The van der Waals surface area contributed by atoms with Gasteiger partial charge < -0.3 is 10.1 Å². The third kappa shape index (κ3) is 3.46. The van der Waals surface area contributed by atoms with Crippen molar-refractivity contribution in [3.8, 4) is 5.75 Å². The minimum Gasteiger partial charge on any atom is -0.484 e. The Morgan fingerprint density at radius 3 is 2.96 bits per heavy atom. The van der Waals surface area contributed by atoms with Gasteiger partial charge in [-0.15, -0.1) is 10.2 Å². The van der Waals surface area contributed by atoms with Crippen molar-refractivity contribution in [2.75, 3.05) is 6.61 Å². The van der Waals surface area contributed by atoms with Gasteiger partial charge in [0.25, 0.3) is 11.6 Å². The lowest BCUT2D eigenvalue weighted by molar-refractivity contribution is -0.384. The van der Waals surface area contributed by atoms with Crippen molar-refractivity contribution in [1.29, 1.82) is 0 Å². The molecule has 0 fully saturated rings. The molecule has 0 unspecified atom stereocenters. The van der Waals surface area contributed by atoms with E-state index in [1.54, 1.807) is 16.7 Å². The van der Waals surface area contributed by atoms with Gasteiger partial charge in [-0.2, -0.15) is 0 Å². The summed E-state index contributed by atoms with van der Waals surface area (Å²) in [5, 5.41) is 21.3. The van der Waals surface area contributed by atoms with Crippen LogP contribution in [0.5, 0.6) is 5.75 Å². The molecule has 3 aromatic rings. The van der Waals surface area contributed by atoms with Crippen LogP contribution in [0.15, 0.2) is 48.7 Å². The molecule has 0 radical (unpaired) electrons. The van der Waals surface area contributed by atoms with E-state index in [1.807, 2.05) is 18.2 Å². The minimum atomic E-state index is -0.524. The first-order valence-electron chi connectivity index (χ1n) is 7.06.